The van der Waals surface area contributed by atoms with Crippen LogP contribution in [0, 0.1) is 5.41 Å². The Labute approximate surface area is 66.7 Å². The predicted molar refractivity (Wildman–Crippen MR) is 44.0 cm³/mol. The van der Waals surface area contributed by atoms with E-state index in [-0.39, 0.29) is 18.1 Å². The average Bonchev–Trinajstić information content (AvgIpc) is 1.86. The molecule has 0 fully saturated rings. The molecule has 0 aromatic heterocycles. The average molecular weight is 179 g/mol. The number of nitrogens with one attached hydrogen (secondary N) is 1. The van der Waals surface area contributed by atoms with E-state index in [0.717, 1.165) is 4.31 Å². The number of nitrogens with two attached hydrogens (primary N) is 1. The lowest BCUT2D eigenvalue weighted by molar-refractivity contribution is 0.506. The van der Waals surface area contributed by atoms with Crippen LogP contribution in [0.1, 0.15) is 6.92 Å². The molecule has 0 aromatic rings. The maximum atomic E-state index is 11.0. The number of nitrogens with zero attached hydrogens (tertiary/aromatic N) is 1. The molecule has 6 heteroatoms. The van der Waals surface area contributed by atoms with Crippen LogP contribution in [0.5, 0.6) is 0 Å². The molecule has 11 heavy (non-hydrogen) atoms. The molecule has 0 aliphatic rings. The summed E-state index contributed by atoms with van der Waals surface area (Å²) in [6.07, 6.45) is 0. The van der Waals surface area contributed by atoms with E-state index in [1.54, 1.807) is 6.92 Å². The second-order valence-corrected chi connectivity index (χ2v) is 4.55. The van der Waals surface area contributed by atoms with Gasteiger partial charge in [-0.25, -0.2) is 8.42 Å². The Hall–Kier alpha value is -0.620. The van der Waals surface area contributed by atoms with Crippen molar-refractivity contribution in [1.82, 2.24) is 4.31 Å². The third-order valence-corrected chi connectivity index (χ3v) is 3.04. The molecule has 0 saturated heterocycles. The van der Waals surface area contributed by atoms with Crippen molar-refractivity contribution in [2.75, 3.05) is 19.3 Å². The third-order valence-electron chi connectivity index (χ3n) is 1.23. The number of sulfonamides is 1. The molecule has 0 spiro atoms. The van der Waals surface area contributed by atoms with Gasteiger partial charge in [0.25, 0.3) is 0 Å². The van der Waals surface area contributed by atoms with Crippen molar-refractivity contribution in [3.05, 3.63) is 0 Å². The summed E-state index contributed by atoms with van der Waals surface area (Å²) >= 11 is 0. The second-order valence-electron chi connectivity index (χ2n) is 2.18. The second kappa shape index (κ2) is 3.68. The number of amidine groups is 1. The Morgan fingerprint density at radius 1 is 1.64 bits per heavy atom. The number of hydrogen-bond donors (Lipinski definition) is 2. The van der Waals surface area contributed by atoms with Crippen LogP contribution in [0.4, 0.5) is 0 Å². The van der Waals surface area contributed by atoms with Crippen LogP contribution in [0.25, 0.3) is 0 Å². The first-order valence-corrected chi connectivity index (χ1v) is 4.78. The zero-order valence-corrected chi connectivity index (χ0v) is 7.48. The highest BCUT2D eigenvalue weighted by atomic mass is 32.2. The molecule has 0 rings (SSSR count). The van der Waals surface area contributed by atoms with Gasteiger partial charge in [-0.15, -0.1) is 0 Å². The Morgan fingerprint density at radius 3 is 2.36 bits per heavy atom. The standard InChI is InChI=1S/C5H13N3O2S/c1-3-11(9,10)8(2)4-5(6)7/h3-4H2,1-2H3,(H3,6,7). The Morgan fingerprint density at radius 2 is 2.09 bits per heavy atom. The van der Waals surface area contributed by atoms with E-state index in [4.69, 9.17) is 11.1 Å². The smallest absolute Gasteiger partial charge is 0.213 e. The largest absolute Gasteiger partial charge is 0.387 e. The molecule has 0 unspecified atom stereocenters. The molecule has 0 radical (unpaired) electrons. The molecule has 0 heterocycles. The molecule has 3 N–H and O–H groups in total. The predicted octanol–water partition coefficient (Wildman–Crippen LogP) is -0.796. The highest BCUT2D eigenvalue weighted by Crippen LogP contribution is 1.95. The van der Waals surface area contributed by atoms with Gasteiger partial charge in [0.1, 0.15) is 5.84 Å². The highest BCUT2D eigenvalue weighted by Gasteiger charge is 2.14. The molecule has 0 bridgehead atoms. The summed E-state index contributed by atoms with van der Waals surface area (Å²) in [7, 11) is -1.78. The van der Waals surface area contributed by atoms with Gasteiger partial charge in [0.2, 0.25) is 10.0 Å². The normalized spacial score (nSPS) is 11.9. The van der Waals surface area contributed by atoms with E-state index in [9.17, 15) is 8.42 Å². The van der Waals surface area contributed by atoms with Crippen LogP contribution in [0.3, 0.4) is 0 Å². The molecular formula is C5H13N3O2S. The number of hydrogen-bond acceptors (Lipinski definition) is 3. The summed E-state index contributed by atoms with van der Waals surface area (Å²) in [6, 6.07) is 0. The van der Waals surface area contributed by atoms with E-state index < -0.39 is 10.0 Å². The Balaban J connectivity index is 4.26. The minimum Gasteiger partial charge on any atom is -0.387 e. The summed E-state index contributed by atoms with van der Waals surface area (Å²) in [5.41, 5.74) is 5.02. The van der Waals surface area contributed by atoms with Crippen molar-refractivity contribution in [3.8, 4) is 0 Å². The molecule has 0 aliphatic heterocycles. The van der Waals surface area contributed by atoms with Gasteiger partial charge >= 0.3 is 0 Å². The van der Waals surface area contributed by atoms with Gasteiger partial charge in [-0.05, 0) is 6.92 Å². The fourth-order valence-electron chi connectivity index (χ4n) is 0.559. The lowest BCUT2D eigenvalue weighted by Gasteiger charge is -2.14. The van der Waals surface area contributed by atoms with E-state index in [0.29, 0.717) is 0 Å². The van der Waals surface area contributed by atoms with Gasteiger partial charge in [0.05, 0.1) is 12.3 Å². The first-order chi connectivity index (χ1) is 4.90. The van der Waals surface area contributed by atoms with Crippen molar-refractivity contribution in [3.63, 3.8) is 0 Å². The van der Waals surface area contributed by atoms with Crippen LogP contribution in [-0.4, -0.2) is 37.9 Å². The minimum absolute atomic E-state index is 0.0316. The molecule has 66 valence electrons. The molecule has 0 aliphatic carbocycles. The maximum Gasteiger partial charge on any atom is 0.213 e. The lowest BCUT2D eigenvalue weighted by atomic mass is 10.6. The van der Waals surface area contributed by atoms with Crippen molar-refractivity contribution in [2.45, 2.75) is 6.92 Å². The van der Waals surface area contributed by atoms with Crippen LogP contribution >= 0.6 is 0 Å². The monoisotopic (exact) mass is 179 g/mol. The molecule has 5 nitrogen and oxygen atoms in total. The van der Waals surface area contributed by atoms with Crippen molar-refractivity contribution in [1.29, 1.82) is 5.41 Å². The van der Waals surface area contributed by atoms with Gasteiger partial charge < -0.3 is 5.73 Å². The van der Waals surface area contributed by atoms with Gasteiger partial charge in [0.15, 0.2) is 0 Å². The quantitative estimate of drug-likeness (QED) is 0.437. The summed E-state index contributed by atoms with van der Waals surface area (Å²) in [5, 5.41) is 6.85. The van der Waals surface area contributed by atoms with E-state index in [1.165, 1.54) is 7.05 Å². The topological polar surface area (TPSA) is 87.2 Å². The molecule has 0 amide bonds. The van der Waals surface area contributed by atoms with E-state index in [1.807, 2.05) is 0 Å². The summed E-state index contributed by atoms with van der Waals surface area (Å²) in [5.74, 6) is -0.110. The van der Waals surface area contributed by atoms with Crippen molar-refractivity contribution >= 4 is 15.9 Å². The SMILES string of the molecule is CCS(=O)(=O)N(C)CC(=N)N. The first kappa shape index (κ1) is 10.4. The zero-order valence-electron chi connectivity index (χ0n) is 6.66. The van der Waals surface area contributed by atoms with Crippen LogP contribution in [0.15, 0.2) is 0 Å². The van der Waals surface area contributed by atoms with Crippen molar-refractivity contribution < 1.29 is 8.42 Å². The van der Waals surface area contributed by atoms with Gasteiger partial charge in [-0.2, -0.15) is 4.31 Å². The third kappa shape index (κ3) is 3.33. The van der Waals surface area contributed by atoms with Crippen LogP contribution in [0.2, 0.25) is 0 Å². The Kier molecular flexibility index (Phi) is 3.47. The van der Waals surface area contributed by atoms with Crippen LogP contribution < -0.4 is 5.73 Å². The summed E-state index contributed by atoms with van der Waals surface area (Å²) in [6.45, 7) is 1.52. The summed E-state index contributed by atoms with van der Waals surface area (Å²) < 4.78 is 23.1. The molecule has 0 atom stereocenters. The fourth-order valence-corrected chi connectivity index (χ4v) is 1.34. The fraction of sp³-hybridized carbons (Fsp3) is 0.800. The zero-order chi connectivity index (χ0) is 9.07. The summed E-state index contributed by atoms with van der Waals surface area (Å²) in [4.78, 5) is 0. The number of likely N-dealkylation sites (N-methyl/N-ethyl adjacent to an activating group) is 1. The highest BCUT2D eigenvalue weighted by molar-refractivity contribution is 7.89. The van der Waals surface area contributed by atoms with Crippen LogP contribution in [-0.2, 0) is 10.0 Å². The van der Waals surface area contributed by atoms with E-state index in [2.05, 4.69) is 0 Å². The Bertz CT molecular complexity index is 234. The molecular weight excluding hydrogens is 166 g/mol. The lowest BCUT2D eigenvalue weighted by Crippen LogP contribution is -2.35. The molecule has 0 aromatic carbocycles. The van der Waals surface area contributed by atoms with E-state index >= 15 is 0 Å². The first-order valence-electron chi connectivity index (χ1n) is 3.17. The van der Waals surface area contributed by atoms with Gasteiger partial charge in [0, 0.05) is 7.05 Å². The minimum atomic E-state index is -3.18. The van der Waals surface area contributed by atoms with Gasteiger partial charge in [-0.3, -0.25) is 5.41 Å². The number of rotatable bonds is 4. The molecule has 0 saturated carbocycles. The van der Waals surface area contributed by atoms with Gasteiger partial charge in [-0.1, -0.05) is 0 Å². The maximum absolute atomic E-state index is 11.0. The van der Waals surface area contributed by atoms with Crippen molar-refractivity contribution in [2.24, 2.45) is 5.73 Å².